The van der Waals surface area contributed by atoms with Crippen LogP contribution in [0.4, 0.5) is 4.79 Å². The number of nitrogens with one attached hydrogen (secondary N) is 2. The Morgan fingerprint density at radius 2 is 2.00 bits per heavy atom. The quantitative estimate of drug-likeness (QED) is 0.501. The highest BCUT2D eigenvalue weighted by Gasteiger charge is 2.19. The third kappa shape index (κ3) is 4.84. The molecule has 0 aliphatic rings. The molecule has 0 aliphatic carbocycles. The molecule has 0 aliphatic heterocycles. The molecule has 1 heterocycles. The van der Waals surface area contributed by atoms with Crippen molar-refractivity contribution in [2.75, 3.05) is 27.4 Å². The third-order valence-corrected chi connectivity index (χ3v) is 2.47. The van der Waals surface area contributed by atoms with Crippen LogP contribution < -0.4 is 10.6 Å². The van der Waals surface area contributed by atoms with Crippen molar-refractivity contribution < 1.29 is 23.9 Å². The number of hydrogen-bond acceptors (Lipinski definition) is 7. The Kier molecular flexibility index (Phi) is 6.27. The summed E-state index contributed by atoms with van der Waals surface area (Å²) in [7, 11) is 2.87. The number of amides is 3. The molecule has 1 aromatic heterocycles. The van der Waals surface area contributed by atoms with Gasteiger partial charge in [-0.1, -0.05) is 5.21 Å². The monoisotopic (exact) mass is 299 g/mol. The number of hydrogen-bond donors (Lipinski definition) is 2. The maximum atomic E-state index is 11.7. The summed E-state index contributed by atoms with van der Waals surface area (Å²) in [6.45, 7) is 1.70. The second kappa shape index (κ2) is 7.94. The normalized spacial score (nSPS) is 10.0. The molecule has 0 spiro atoms. The molecule has 10 nitrogen and oxygen atoms in total. The fourth-order valence-corrected chi connectivity index (χ4v) is 1.35. The summed E-state index contributed by atoms with van der Waals surface area (Å²) in [5, 5.41) is 11.7. The zero-order valence-corrected chi connectivity index (χ0v) is 12.0. The summed E-state index contributed by atoms with van der Waals surface area (Å²) in [5.74, 6) is -1.23. The molecule has 2 N–H and O–H groups in total. The number of aromatic nitrogens is 3. The maximum Gasteiger partial charge on any atom is 0.360 e. The molecule has 0 unspecified atom stereocenters. The molecule has 0 saturated heterocycles. The molecule has 116 valence electrons. The number of ether oxygens (including phenoxy) is 2. The van der Waals surface area contributed by atoms with Crippen LogP contribution in [0.3, 0.4) is 0 Å². The number of nitrogens with zero attached hydrogens (tertiary/aromatic N) is 3. The lowest BCUT2D eigenvalue weighted by Crippen LogP contribution is -2.39. The second-order valence-electron chi connectivity index (χ2n) is 3.94. The van der Waals surface area contributed by atoms with Gasteiger partial charge in [0, 0.05) is 14.2 Å². The number of carbonyl (C=O) groups excluding carboxylic acids is 3. The van der Waals surface area contributed by atoms with Crippen LogP contribution in [0, 0.1) is 6.92 Å². The van der Waals surface area contributed by atoms with E-state index in [1.807, 2.05) is 0 Å². The van der Waals surface area contributed by atoms with Crippen LogP contribution in [-0.4, -0.2) is 60.3 Å². The molecule has 1 rings (SSSR count). The first-order valence-corrected chi connectivity index (χ1v) is 6.07. The van der Waals surface area contributed by atoms with Crippen LogP contribution in [-0.2, 0) is 20.8 Å². The lowest BCUT2D eigenvalue weighted by atomic mass is 10.3. The molecule has 1 aromatic rings. The van der Waals surface area contributed by atoms with E-state index in [0.29, 0.717) is 5.69 Å². The Labute approximate surface area is 120 Å². The van der Waals surface area contributed by atoms with Crippen LogP contribution in [0.25, 0.3) is 0 Å². The Hall–Kier alpha value is -2.49. The van der Waals surface area contributed by atoms with Crippen LogP contribution in [0.2, 0.25) is 0 Å². The Morgan fingerprint density at radius 3 is 2.62 bits per heavy atom. The van der Waals surface area contributed by atoms with Crippen LogP contribution >= 0.6 is 0 Å². The van der Waals surface area contributed by atoms with E-state index in [2.05, 4.69) is 20.9 Å². The van der Waals surface area contributed by atoms with Crippen molar-refractivity contribution in [3.63, 3.8) is 0 Å². The van der Waals surface area contributed by atoms with Gasteiger partial charge in [-0.15, -0.1) is 5.10 Å². The van der Waals surface area contributed by atoms with Crippen molar-refractivity contribution in [3.8, 4) is 0 Å². The zero-order chi connectivity index (χ0) is 15.8. The fraction of sp³-hybridized carbons (Fsp3) is 0.545. The highest BCUT2D eigenvalue weighted by Crippen LogP contribution is 2.05. The third-order valence-electron chi connectivity index (χ3n) is 2.47. The maximum absolute atomic E-state index is 11.7. The second-order valence-corrected chi connectivity index (χ2v) is 3.94. The first kappa shape index (κ1) is 16.6. The molecule has 0 aromatic carbocycles. The van der Waals surface area contributed by atoms with Crippen molar-refractivity contribution >= 4 is 17.9 Å². The van der Waals surface area contributed by atoms with E-state index in [-0.39, 0.29) is 25.5 Å². The smallest absolute Gasteiger partial charge is 0.360 e. The van der Waals surface area contributed by atoms with Crippen molar-refractivity contribution in [1.29, 1.82) is 0 Å². The number of methoxy groups -OCH3 is 1. The van der Waals surface area contributed by atoms with E-state index in [0.717, 1.165) is 0 Å². The first-order valence-electron chi connectivity index (χ1n) is 6.07. The topological polar surface area (TPSA) is 124 Å². The first-order chi connectivity index (χ1) is 9.99. The van der Waals surface area contributed by atoms with Gasteiger partial charge in [0.1, 0.15) is 13.2 Å². The molecule has 21 heavy (non-hydrogen) atoms. The van der Waals surface area contributed by atoms with E-state index in [4.69, 9.17) is 9.47 Å². The summed E-state index contributed by atoms with van der Waals surface area (Å²) in [4.78, 5) is 34.2. The van der Waals surface area contributed by atoms with Gasteiger partial charge in [0.15, 0.2) is 5.69 Å². The van der Waals surface area contributed by atoms with Crippen molar-refractivity contribution in [1.82, 2.24) is 25.6 Å². The van der Waals surface area contributed by atoms with Gasteiger partial charge in [0.25, 0.3) is 0 Å². The minimum atomic E-state index is -0.650. The van der Waals surface area contributed by atoms with Gasteiger partial charge in [-0.3, -0.25) is 10.1 Å². The van der Waals surface area contributed by atoms with Gasteiger partial charge in [0.2, 0.25) is 5.91 Å². The standard InChI is InChI=1S/C11H17N5O5/c1-7-9(10(18)21-5-4-20-3)14-15-16(7)6-8(17)13-11(19)12-2/h4-6H2,1-3H3,(H2,12,13,17,19). The minimum Gasteiger partial charge on any atom is -0.458 e. The lowest BCUT2D eigenvalue weighted by molar-refractivity contribution is -0.120. The summed E-state index contributed by atoms with van der Waals surface area (Å²) >= 11 is 0. The highest BCUT2D eigenvalue weighted by molar-refractivity contribution is 5.94. The number of carbonyl (C=O) groups is 3. The average molecular weight is 299 g/mol. The molecule has 0 fully saturated rings. The molecule has 0 bridgehead atoms. The Bertz CT molecular complexity index is 527. The largest absolute Gasteiger partial charge is 0.458 e. The Morgan fingerprint density at radius 1 is 1.29 bits per heavy atom. The average Bonchev–Trinajstić information content (AvgIpc) is 2.80. The summed E-state index contributed by atoms with van der Waals surface area (Å²) in [6, 6.07) is -0.628. The van der Waals surface area contributed by atoms with Gasteiger partial charge in [-0.25, -0.2) is 14.3 Å². The number of urea groups is 1. The van der Waals surface area contributed by atoms with E-state index in [1.54, 1.807) is 6.92 Å². The minimum absolute atomic E-state index is 0.0128. The summed E-state index contributed by atoms with van der Waals surface area (Å²) < 4.78 is 10.9. The van der Waals surface area contributed by atoms with Crippen LogP contribution in [0.5, 0.6) is 0 Å². The van der Waals surface area contributed by atoms with Crippen LogP contribution in [0.15, 0.2) is 0 Å². The van der Waals surface area contributed by atoms with Crippen LogP contribution in [0.1, 0.15) is 16.2 Å². The van der Waals surface area contributed by atoms with Gasteiger partial charge < -0.3 is 14.8 Å². The predicted octanol–water partition coefficient (Wildman–Crippen LogP) is -1.15. The van der Waals surface area contributed by atoms with Gasteiger partial charge in [0.05, 0.1) is 12.3 Å². The van der Waals surface area contributed by atoms with Gasteiger partial charge in [-0.2, -0.15) is 0 Å². The van der Waals surface area contributed by atoms with Crippen molar-refractivity contribution in [2.24, 2.45) is 0 Å². The molecule has 0 saturated carbocycles. The van der Waals surface area contributed by atoms with Crippen molar-refractivity contribution in [3.05, 3.63) is 11.4 Å². The number of rotatable bonds is 6. The molecule has 10 heteroatoms. The lowest BCUT2D eigenvalue weighted by Gasteiger charge is -2.05. The molecular weight excluding hydrogens is 282 g/mol. The Balaban J connectivity index is 2.64. The molecular formula is C11H17N5O5. The van der Waals surface area contributed by atoms with E-state index in [9.17, 15) is 14.4 Å². The predicted molar refractivity (Wildman–Crippen MR) is 69.5 cm³/mol. The summed E-state index contributed by atoms with van der Waals surface area (Å²) in [6.07, 6.45) is 0. The highest BCUT2D eigenvalue weighted by atomic mass is 16.6. The van der Waals surface area contributed by atoms with Gasteiger partial charge in [-0.05, 0) is 6.92 Å². The van der Waals surface area contributed by atoms with E-state index in [1.165, 1.54) is 18.8 Å². The fourth-order valence-electron chi connectivity index (χ4n) is 1.35. The van der Waals surface area contributed by atoms with Crippen molar-refractivity contribution in [2.45, 2.75) is 13.5 Å². The zero-order valence-electron chi connectivity index (χ0n) is 12.0. The van der Waals surface area contributed by atoms with E-state index < -0.39 is 17.9 Å². The van der Waals surface area contributed by atoms with E-state index >= 15 is 0 Å². The molecule has 3 amide bonds. The van der Waals surface area contributed by atoms with Gasteiger partial charge >= 0.3 is 12.0 Å². The number of imide groups is 1. The SMILES string of the molecule is CNC(=O)NC(=O)Cn1nnc(C(=O)OCCOC)c1C. The molecule has 0 radical (unpaired) electrons. The summed E-state index contributed by atoms with van der Waals surface area (Å²) in [5.41, 5.74) is 0.378. The molecule has 0 atom stereocenters. The number of esters is 1.